The number of aliphatic hydroxyl groups is 2. The van der Waals surface area contributed by atoms with Gasteiger partial charge in [-0.2, -0.15) is 0 Å². The third-order valence-corrected chi connectivity index (χ3v) is 6.85. The van der Waals surface area contributed by atoms with Gasteiger partial charge in [-0.1, -0.05) is 36.2 Å². The van der Waals surface area contributed by atoms with Crippen LogP contribution in [-0.2, 0) is 10.7 Å². The summed E-state index contributed by atoms with van der Waals surface area (Å²) in [6.45, 7) is 1.94. The number of aliphatic hydroxyl groups excluding tert-OH is 2. The molecule has 36 heavy (non-hydrogen) atoms. The van der Waals surface area contributed by atoms with Gasteiger partial charge < -0.3 is 25.3 Å². The molecule has 3 amide bonds. The first-order valence-corrected chi connectivity index (χ1v) is 12.0. The zero-order valence-corrected chi connectivity index (χ0v) is 20.7. The Bertz CT molecular complexity index is 1230. The van der Waals surface area contributed by atoms with Crippen molar-refractivity contribution >= 4 is 52.1 Å². The fraction of sp³-hybridized carbons (Fsp3) is 0.375. The molecule has 2 aromatic rings. The number of aromatic nitrogens is 1. The van der Waals surface area contributed by atoms with Crippen LogP contribution in [0.25, 0.3) is 5.57 Å². The molecule has 2 aliphatic heterocycles. The maximum Gasteiger partial charge on any atom is 0.322 e. The minimum atomic E-state index is -3.05. The summed E-state index contributed by atoms with van der Waals surface area (Å²) in [6, 6.07) is 5.04. The average Bonchev–Trinajstić information content (AvgIpc) is 3.11. The Balaban J connectivity index is 1.41. The van der Waals surface area contributed by atoms with Gasteiger partial charge in [0.15, 0.2) is 6.10 Å². The topological polar surface area (TPSA) is 106 Å². The van der Waals surface area contributed by atoms with Crippen molar-refractivity contribution in [2.75, 3.05) is 29.9 Å². The van der Waals surface area contributed by atoms with Crippen molar-refractivity contribution in [3.8, 4) is 0 Å². The number of carbonyl (C=O) groups is 2. The highest BCUT2D eigenvalue weighted by molar-refractivity contribution is 6.32. The van der Waals surface area contributed by atoms with E-state index in [1.54, 1.807) is 11.0 Å². The molecule has 0 spiro atoms. The van der Waals surface area contributed by atoms with Crippen molar-refractivity contribution in [3.63, 3.8) is 0 Å². The summed E-state index contributed by atoms with van der Waals surface area (Å²) in [4.78, 5) is 31.9. The molecule has 192 valence electrons. The maximum absolute atomic E-state index is 13.9. The fourth-order valence-electron chi connectivity index (χ4n) is 4.10. The first kappa shape index (κ1) is 26.3. The second kappa shape index (κ2) is 10.3. The number of β-amino-alcohol motifs (C(OH)–C–C–N with tert-alkyl or cyclic N) is 1. The highest BCUT2D eigenvalue weighted by Gasteiger charge is 2.39. The highest BCUT2D eigenvalue weighted by atomic mass is 35.5. The molecule has 0 radical (unpaired) electrons. The summed E-state index contributed by atoms with van der Waals surface area (Å²) in [7, 11) is 0. The van der Waals surface area contributed by atoms with Crippen molar-refractivity contribution < 1.29 is 28.6 Å². The summed E-state index contributed by atoms with van der Waals surface area (Å²) >= 11 is 12.4. The van der Waals surface area contributed by atoms with E-state index in [9.17, 15) is 28.6 Å². The van der Waals surface area contributed by atoms with Crippen molar-refractivity contribution in [3.05, 3.63) is 57.8 Å². The first-order valence-electron chi connectivity index (χ1n) is 11.3. The Labute approximate surface area is 216 Å². The van der Waals surface area contributed by atoms with Crippen LogP contribution >= 0.6 is 23.2 Å². The van der Waals surface area contributed by atoms with Crippen molar-refractivity contribution in [1.82, 2.24) is 9.88 Å². The molecular formula is C24H24Cl2F2N4O4. The van der Waals surface area contributed by atoms with Gasteiger partial charge in [-0.3, -0.25) is 9.78 Å². The number of alkyl halides is 2. The predicted molar refractivity (Wildman–Crippen MR) is 132 cm³/mol. The van der Waals surface area contributed by atoms with E-state index in [1.807, 2.05) is 6.08 Å². The van der Waals surface area contributed by atoms with Gasteiger partial charge in [-0.25, -0.2) is 13.6 Å². The van der Waals surface area contributed by atoms with Gasteiger partial charge in [-0.15, -0.1) is 0 Å². The smallest absolute Gasteiger partial charge is 0.322 e. The van der Waals surface area contributed by atoms with E-state index < -0.39 is 30.1 Å². The Kier molecular flexibility index (Phi) is 7.51. The molecule has 2 unspecified atom stereocenters. The lowest BCUT2D eigenvalue weighted by molar-refractivity contribution is -0.126. The predicted octanol–water partition coefficient (Wildman–Crippen LogP) is 4.28. The molecule has 8 nitrogen and oxygen atoms in total. The van der Waals surface area contributed by atoms with Crippen LogP contribution < -0.4 is 10.2 Å². The second-order valence-corrected chi connectivity index (χ2v) is 9.41. The van der Waals surface area contributed by atoms with Gasteiger partial charge in [0, 0.05) is 30.8 Å². The molecule has 0 aliphatic carbocycles. The number of carbonyl (C=O) groups excluding carboxylic acids is 2. The van der Waals surface area contributed by atoms with Crippen molar-refractivity contribution in [2.24, 2.45) is 0 Å². The molecule has 1 aromatic heterocycles. The molecular weight excluding hydrogens is 517 g/mol. The standard InChI is InChI=1S/C24H24Cl2F2N4O4/c1-2-24(27,28)16-4-3-14(9-17(16)25)30-23(36)31-7-5-13(6-8-31)20-18(26)10-15(11-29-20)32-12-19(33)21(34)22(32)35/h3-5,9-11,19,21,33-34H,2,6-8,12H2,1H3,(H,30,36). The maximum atomic E-state index is 13.9. The van der Waals surface area contributed by atoms with E-state index in [1.165, 1.54) is 36.2 Å². The van der Waals surface area contributed by atoms with E-state index in [4.69, 9.17) is 23.2 Å². The molecule has 1 fully saturated rings. The number of halogens is 4. The third-order valence-electron chi connectivity index (χ3n) is 6.25. The molecule has 0 saturated carbocycles. The van der Waals surface area contributed by atoms with Crippen LogP contribution in [0.15, 0.2) is 36.5 Å². The monoisotopic (exact) mass is 540 g/mol. The number of urea groups is 1. The zero-order chi connectivity index (χ0) is 26.2. The van der Waals surface area contributed by atoms with E-state index in [-0.39, 0.29) is 30.1 Å². The Hall–Kier alpha value is -2.79. The molecule has 2 atom stereocenters. The van der Waals surface area contributed by atoms with Crippen LogP contribution in [0, 0.1) is 0 Å². The van der Waals surface area contributed by atoms with E-state index >= 15 is 0 Å². The average molecular weight is 541 g/mol. The lowest BCUT2D eigenvalue weighted by Crippen LogP contribution is -2.38. The van der Waals surface area contributed by atoms with Crippen LogP contribution in [0.2, 0.25) is 10.0 Å². The number of rotatable bonds is 5. The Morgan fingerprint density at radius 3 is 2.56 bits per heavy atom. The normalized spacial score (nSPS) is 20.5. The molecule has 2 aliphatic rings. The fourth-order valence-corrected chi connectivity index (χ4v) is 4.70. The number of pyridine rings is 1. The minimum Gasteiger partial charge on any atom is -0.388 e. The molecule has 3 heterocycles. The van der Waals surface area contributed by atoms with Crippen molar-refractivity contribution in [1.29, 1.82) is 0 Å². The van der Waals surface area contributed by atoms with E-state index in [0.29, 0.717) is 35.1 Å². The molecule has 4 rings (SSSR count). The molecule has 3 N–H and O–H groups in total. The molecule has 0 bridgehead atoms. The minimum absolute atomic E-state index is 0.0565. The van der Waals surface area contributed by atoms with Gasteiger partial charge in [0.05, 0.1) is 34.2 Å². The number of amides is 3. The van der Waals surface area contributed by atoms with Gasteiger partial charge in [-0.05, 0) is 36.3 Å². The van der Waals surface area contributed by atoms with Gasteiger partial charge in [0.2, 0.25) is 0 Å². The summed E-state index contributed by atoms with van der Waals surface area (Å²) in [5.74, 6) is -3.67. The van der Waals surface area contributed by atoms with Gasteiger partial charge in [0.1, 0.15) is 6.10 Å². The number of hydrogen-bond donors (Lipinski definition) is 3. The third kappa shape index (κ3) is 5.17. The summed E-state index contributed by atoms with van der Waals surface area (Å²) < 4.78 is 27.9. The first-order chi connectivity index (χ1) is 17.0. The summed E-state index contributed by atoms with van der Waals surface area (Å²) in [5, 5.41) is 22.2. The Morgan fingerprint density at radius 2 is 2.00 bits per heavy atom. The number of benzene rings is 1. The van der Waals surface area contributed by atoms with Crippen LogP contribution in [0.4, 0.5) is 25.0 Å². The van der Waals surface area contributed by atoms with Gasteiger partial charge in [0.25, 0.3) is 11.8 Å². The number of hydrogen-bond acceptors (Lipinski definition) is 5. The van der Waals surface area contributed by atoms with Crippen molar-refractivity contribution in [2.45, 2.75) is 37.9 Å². The van der Waals surface area contributed by atoms with Crippen LogP contribution in [-0.4, -0.2) is 63.9 Å². The quantitative estimate of drug-likeness (QED) is 0.524. The van der Waals surface area contributed by atoms with E-state index in [0.717, 1.165) is 5.57 Å². The number of anilines is 2. The molecule has 12 heteroatoms. The largest absolute Gasteiger partial charge is 0.388 e. The number of nitrogens with one attached hydrogen (secondary N) is 1. The van der Waals surface area contributed by atoms with Gasteiger partial charge >= 0.3 is 6.03 Å². The SMILES string of the molecule is CCC(F)(F)c1ccc(NC(=O)N2CC=C(c3ncc(N4CC(O)C(O)C4=O)cc3Cl)CC2)cc1Cl. The lowest BCUT2D eigenvalue weighted by Gasteiger charge is -2.27. The molecule has 1 aromatic carbocycles. The van der Waals surface area contributed by atoms with Crippen LogP contribution in [0.1, 0.15) is 31.0 Å². The highest BCUT2D eigenvalue weighted by Crippen LogP contribution is 2.37. The summed E-state index contributed by atoms with van der Waals surface area (Å²) in [5.41, 5.74) is 1.71. The molecule has 1 saturated heterocycles. The zero-order valence-electron chi connectivity index (χ0n) is 19.2. The lowest BCUT2D eigenvalue weighted by atomic mass is 10.0. The van der Waals surface area contributed by atoms with Crippen LogP contribution in [0.5, 0.6) is 0 Å². The summed E-state index contributed by atoms with van der Waals surface area (Å²) in [6.07, 6.45) is 0.670. The Morgan fingerprint density at radius 1 is 1.25 bits per heavy atom. The number of nitrogens with zero attached hydrogens (tertiary/aromatic N) is 3. The van der Waals surface area contributed by atoms with Crippen LogP contribution in [0.3, 0.4) is 0 Å². The van der Waals surface area contributed by atoms with E-state index in [2.05, 4.69) is 10.3 Å². The second-order valence-electron chi connectivity index (χ2n) is 8.59.